The average Bonchev–Trinajstić information content (AvgIpc) is 3.53. The van der Waals surface area contributed by atoms with Crippen molar-refractivity contribution in [2.45, 2.75) is 19.9 Å². The predicted molar refractivity (Wildman–Crippen MR) is 122 cm³/mol. The van der Waals surface area contributed by atoms with Gasteiger partial charge in [0.2, 0.25) is 11.7 Å². The number of hydrogen-bond donors (Lipinski definition) is 0. The molecule has 0 saturated heterocycles. The molecule has 0 saturated carbocycles. The van der Waals surface area contributed by atoms with Crippen molar-refractivity contribution in [3.8, 4) is 28.6 Å². The first kappa shape index (κ1) is 21.3. The fourth-order valence-electron chi connectivity index (χ4n) is 3.56. The maximum atomic E-state index is 13.0. The zero-order valence-electron chi connectivity index (χ0n) is 18.8. The van der Waals surface area contributed by atoms with Crippen LogP contribution in [0.2, 0.25) is 0 Å². The number of fused-ring (bicyclic) bond motifs is 1. The molecule has 0 spiro atoms. The van der Waals surface area contributed by atoms with Crippen molar-refractivity contribution in [2.24, 2.45) is 0 Å². The number of aromatic nitrogens is 7. The molecule has 11 heteroatoms. The molecule has 11 nitrogen and oxygen atoms in total. The van der Waals surface area contributed by atoms with Crippen molar-refractivity contribution in [3.63, 3.8) is 0 Å². The molecule has 0 bridgehead atoms. The summed E-state index contributed by atoms with van der Waals surface area (Å²) in [6.45, 7) is 2.13. The van der Waals surface area contributed by atoms with Gasteiger partial charge in [-0.3, -0.25) is 9.36 Å². The molecule has 0 fully saturated rings. The monoisotopic (exact) mass is 459 g/mol. The summed E-state index contributed by atoms with van der Waals surface area (Å²) >= 11 is 0. The Labute approximate surface area is 193 Å². The summed E-state index contributed by atoms with van der Waals surface area (Å²) < 4.78 is 18.8. The zero-order valence-corrected chi connectivity index (χ0v) is 18.8. The second-order valence-corrected chi connectivity index (χ2v) is 7.45. The lowest BCUT2D eigenvalue weighted by Gasteiger charge is -2.07. The molecule has 0 aliphatic carbocycles. The lowest BCUT2D eigenvalue weighted by molar-refractivity contribution is 0.355. The topological polar surface area (TPSA) is 123 Å². The van der Waals surface area contributed by atoms with Crippen LogP contribution in [-0.2, 0) is 13.0 Å². The quantitative estimate of drug-likeness (QED) is 0.361. The van der Waals surface area contributed by atoms with Gasteiger partial charge in [0.15, 0.2) is 22.7 Å². The smallest absolute Gasteiger partial charge is 0.284 e. The van der Waals surface area contributed by atoms with Crippen LogP contribution in [0.25, 0.3) is 28.2 Å². The first-order valence-electron chi connectivity index (χ1n) is 10.6. The fourth-order valence-corrected chi connectivity index (χ4v) is 3.56. The first-order valence-corrected chi connectivity index (χ1v) is 10.6. The summed E-state index contributed by atoms with van der Waals surface area (Å²) in [5, 5.41) is 12.2. The van der Waals surface area contributed by atoms with Crippen molar-refractivity contribution in [1.82, 2.24) is 34.7 Å². The largest absolute Gasteiger partial charge is 0.493 e. The van der Waals surface area contributed by atoms with Crippen LogP contribution in [0.3, 0.4) is 0 Å². The Hall–Kier alpha value is -4.54. The normalized spacial score (nSPS) is 11.1. The summed E-state index contributed by atoms with van der Waals surface area (Å²) in [4.78, 5) is 21.8. The summed E-state index contributed by atoms with van der Waals surface area (Å²) in [7, 11) is 3.11. The van der Waals surface area contributed by atoms with Gasteiger partial charge in [-0.15, -0.1) is 5.10 Å². The summed E-state index contributed by atoms with van der Waals surface area (Å²) in [6.07, 6.45) is 2.36. The SMILES string of the molecule is CCc1ccc(-n2nnc3c(=O)n(Cc4nc(-c5ccc(OC)c(OC)c5)no4)cnc32)cc1. The molecule has 0 unspecified atom stereocenters. The van der Waals surface area contributed by atoms with Gasteiger partial charge in [0.25, 0.3) is 5.56 Å². The Morgan fingerprint density at radius 3 is 2.56 bits per heavy atom. The van der Waals surface area contributed by atoms with Crippen LogP contribution in [0.15, 0.2) is 58.1 Å². The van der Waals surface area contributed by atoms with Gasteiger partial charge < -0.3 is 14.0 Å². The molecule has 3 aromatic heterocycles. The lowest BCUT2D eigenvalue weighted by atomic mass is 10.1. The number of ether oxygens (including phenoxy) is 2. The van der Waals surface area contributed by atoms with Crippen molar-refractivity contribution in [2.75, 3.05) is 14.2 Å². The molecule has 3 heterocycles. The highest BCUT2D eigenvalue weighted by Gasteiger charge is 2.16. The van der Waals surface area contributed by atoms with Crippen molar-refractivity contribution in [1.29, 1.82) is 0 Å². The van der Waals surface area contributed by atoms with Gasteiger partial charge in [0.1, 0.15) is 12.9 Å². The minimum Gasteiger partial charge on any atom is -0.493 e. The van der Waals surface area contributed by atoms with Gasteiger partial charge >= 0.3 is 0 Å². The highest BCUT2D eigenvalue weighted by atomic mass is 16.5. The number of hydrogen-bond acceptors (Lipinski definition) is 9. The fraction of sp³-hybridized carbons (Fsp3) is 0.217. The van der Waals surface area contributed by atoms with Crippen LogP contribution in [0.1, 0.15) is 18.4 Å². The van der Waals surface area contributed by atoms with E-state index >= 15 is 0 Å². The van der Waals surface area contributed by atoms with Gasteiger partial charge in [-0.05, 0) is 42.3 Å². The lowest BCUT2D eigenvalue weighted by Crippen LogP contribution is -2.21. The minimum atomic E-state index is -0.354. The van der Waals surface area contributed by atoms with E-state index in [2.05, 4.69) is 32.4 Å². The highest BCUT2D eigenvalue weighted by molar-refractivity contribution is 5.70. The van der Waals surface area contributed by atoms with Crippen LogP contribution < -0.4 is 15.0 Å². The molecule has 34 heavy (non-hydrogen) atoms. The zero-order chi connectivity index (χ0) is 23.7. The molecule has 2 aromatic carbocycles. The number of rotatable bonds is 7. The van der Waals surface area contributed by atoms with Crippen LogP contribution in [0.5, 0.6) is 11.5 Å². The Balaban J connectivity index is 1.42. The molecule has 0 aliphatic heterocycles. The summed E-state index contributed by atoms with van der Waals surface area (Å²) in [5.41, 5.74) is 2.85. The van der Waals surface area contributed by atoms with Gasteiger partial charge in [-0.25, -0.2) is 4.98 Å². The van der Waals surface area contributed by atoms with Crippen LogP contribution in [0.4, 0.5) is 0 Å². The molecule has 5 aromatic rings. The van der Waals surface area contributed by atoms with E-state index in [1.54, 1.807) is 37.1 Å². The summed E-state index contributed by atoms with van der Waals surface area (Å²) in [5.74, 6) is 1.75. The summed E-state index contributed by atoms with van der Waals surface area (Å²) in [6, 6.07) is 13.2. The van der Waals surface area contributed by atoms with Crippen molar-refractivity contribution in [3.05, 3.63) is 70.6 Å². The van der Waals surface area contributed by atoms with E-state index in [9.17, 15) is 4.79 Å². The van der Waals surface area contributed by atoms with Crippen LogP contribution in [0, 0.1) is 0 Å². The van der Waals surface area contributed by atoms with Gasteiger partial charge in [-0.2, -0.15) is 9.67 Å². The first-order chi connectivity index (χ1) is 16.6. The predicted octanol–water partition coefficient (Wildman–Crippen LogP) is 2.66. The van der Waals surface area contributed by atoms with E-state index in [-0.39, 0.29) is 23.5 Å². The van der Waals surface area contributed by atoms with E-state index in [1.807, 2.05) is 24.3 Å². The maximum Gasteiger partial charge on any atom is 0.284 e. The van der Waals surface area contributed by atoms with E-state index in [0.29, 0.717) is 28.5 Å². The molecular formula is C23H21N7O4. The number of nitrogens with zero attached hydrogens (tertiary/aromatic N) is 7. The molecule has 0 amide bonds. The van der Waals surface area contributed by atoms with Gasteiger partial charge in [-0.1, -0.05) is 29.4 Å². The Morgan fingerprint density at radius 1 is 1.03 bits per heavy atom. The molecule has 0 aliphatic rings. The Bertz CT molecular complexity index is 1520. The van der Waals surface area contributed by atoms with Crippen molar-refractivity contribution < 1.29 is 14.0 Å². The van der Waals surface area contributed by atoms with E-state index in [1.165, 1.54) is 16.5 Å². The molecule has 0 N–H and O–H groups in total. The van der Waals surface area contributed by atoms with Crippen molar-refractivity contribution >= 4 is 11.2 Å². The third-order valence-corrected chi connectivity index (χ3v) is 5.43. The Kier molecular flexibility index (Phi) is 5.50. The van der Waals surface area contributed by atoms with Crippen LogP contribution in [-0.4, -0.2) is 48.9 Å². The third kappa shape index (κ3) is 3.76. The number of aryl methyl sites for hydroxylation is 1. The van der Waals surface area contributed by atoms with Crippen LogP contribution >= 0.6 is 0 Å². The molecule has 0 radical (unpaired) electrons. The van der Waals surface area contributed by atoms with Gasteiger partial charge in [0.05, 0.1) is 19.9 Å². The second kappa shape index (κ2) is 8.77. The van der Waals surface area contributed by atoms with E-state index in [4.69, 9.17) is 14.0 Å². The standard InChI is InChI=1S/C23H21N7O4/c1-4-14-5-8-16(9-6-14)30-22-20(26-28-30)23(31)29(13-24-22)12-19-25-21(27-34-19)15-7-10-17(32-2)18(11-15)33-3/h5-11,13H,4,12H2,1-3H3. The van der Waals surface area contributed by atoms with Gasteiger partial charge in [0, 0.05) is 5.56 Å². The number of benzene rings is 2. The Morgan fingerprint density at radius 2 is 1.82 bits per heavy atom. The average molecular weight is 459 g/mol. The van der Waals surface area contributed by atoms with E-state index < -0.39 is 0 Å². The minimum absolute atomic E-state index is 0.0418. The second-order valence-electron chi connectivity index (χ2n) is 7.45. The molecule has 5 rings (SSSR count). The highest BCUT2D eigenvalue weighted by Crippen LogP contribution is 2.31. The number of methoxy groups -OCH3 is 2. The molecule has 172 valence electrons. The van der Waals surface area contributed by atoms with E-state index in [0.717, 1.165) is 12.1 Å². The molecule has 0 atom stereocenters. The third-order valence-electron chi connectivity index (χ3n) is 5.43. The molecular weight excluding hydrogens is 438 g/mol. The maximum absolute atomic E-state index is 13.0.